The quantitative estimate of drug-likeness (QED) is 0.151. The summed E-state index contributed by atoms with van der Waals surface area (Å²) in [5.74, 6) is 1.60. The van der Waals surface area contributed by atoms with Crippen molar-refractivity contribution in [3.8, 4) is 22.9 Å². The second-order valence-electron chi connectivity index (χ2n) is 13.3. The summed E-state index contributed by atoms with van der Waals surface area (Å²) in [4.78, 5) is 8.90. The first-order valence-electron chi connectivity index (χ1n) is 15.8. The van der Waals surface area contributed by atoms with Crippen LogP contribution >= 0.6 is 0 Å². The Bertz CT molecular complexity index is 1760. The number of para-hydroxylation sites is 1. The third kappa shape index (κ3) is 7.99. The van der Waals surface area contributed by atoms with Gasteiger partial charge in [-0.25, -0.2) is 27.1 Å². The van der Waals surface area contributed by atoms with E-state index in [-0.39, 0.29) is 37.6 Å². The third-order valence-corrected chi connectivity index (χ3v) is 11.7. The summed E-state index contributed by atoms with van der Waals surface area (Å²) in [6, 6.07) is 13.3. The Hall–Kier alpha value is -3.88. The Morgan fingerprint density at radius 3 is 2.38 bits per heavy atom. The van der Waals surface area contributed by atoms with E-state index in [9.17, 15) is 12.8 Å². The topological polar surface area (TPSA) is 122 Å². The zero-order valence-electron chi connectivity index (χ0n) is 27.9. The predicted molar refractivity (Wildman–Crippen MR) is 181 cm³/mol. The Balaban J connectivity index is 1.61. The van der Waals surface area contributed by atoms with Crippen LogP contribution in [-0.4, -0.2) is 72.3 Å². The maximum Gasteiger partial charge on any atom is 0.243 e. The van der Waals surface area contributed by atoms with Crippen LogP contribution in [0.5, 0.6) is 11.5 Å². The Labute approximate surface area is 277 Å². The van der Waals surface area contributed by atoms with Gasteiger partial charge in [-0.15, -0.1) is 10.2 Å². The molecule has 14 heteroatoms. The molecule has 1 aliphatic rings. The molecule has 0 spiro atoms. The normalized spacial score (nSPS) is 16.1. The van der Waals surface area contributed by atoms with Crippen molar-refractivity contribution in [1.29, 1.82) is 0 Å². The lowest BCUT2D eigenvalue weighted by atomic mass is 10.2. The Kier molecular flexibility index (Phi) is 10.3. The van der Waals surface area contributed by atoms with E-state index in [1.807, 2.05) is 45.0 Å². The van der Waals surface area contributed by atoms with Crippen LogP contribution in [0.1, 0.15) is 44.3 Å². The summed E-state index contributed by atoms with van der Waals surface area (Å²) in [6.07, 6.45) is 2.08. The van der Waals surface area contributed by atoms with Crippen molar-refractivity contribution in [3.05, 3.63) is 78.1 Å². The molecule has 0 fully saturated rings. The molecule has 0 saturated carbocycles. The van der Waals surface area contributed by atoms with E-state index in [1.54, 1.807) is 36.0 Å². The molecular weight excluding hydrogens is 640 g/mol. The molecule has 1 aliphatic heterocycles. The monoisotopic (exact) mass is 682 g/mol. The molecule has 0 unspecified atom stereocenters. The average Bonchev–Trinajstić information content (AvgIpc) is 3.37. The number of aryl methyl sites for hydroxylation is 1. The molecule has 3 atom stereocenters. The molecule has 2 aromatic carbocycles. The Morgan fingerprint density at radius 2 is 1.72 bits per heavy atom. The van der Waals surface area contributed by atoms with Crippen LogP contribution in [0.25, 0.3) is 11.4 Å². The van der Waals surface area contributed by atoms with Crippen molar-refractivity contribution in [3.63, 3.8) is 0 Å². The first-order valence-corrected chi connectivity index (χ1v) is 21.0. The fourth-order valence-electron chi connectivity index (χ4n) is 5.22. The number of hydrogen-bond donors (Lipinski definition) is 0. The highest BCUT2D eigenvalue weighted by atomic mass is 32.2. The van der Waals surface area contributed by atoms with Gasteiger partial charge in [0.15, 0.2) is 11.6 Å². The highest BCUT2D eigenvalue weighted by Gasteiger charge is 2.42. The zero-order valence-corrected chi connectivity index (χ0v) is 29.7. The number of rotatable bonds is 13. The smallest absolute Gasteiger partial charge is 0.243 e. The highest BCUT2D eigenvalue weighted by molar-refractivity contribution is 7.93. The van der Waals surface area contributed by atoms with Gasteiger partial charge in [-0.05, 0) is 75.7 Å². The molecule has 0 amide bonds. The molecule has 0 radical (unpaired) electrons. The van der Waals surface area contributed by atoms with Gasteiger partial charge >= 0.3 is 0 Å². The number of hydrogen-bond acceptors (Lipinski definition) is 9. The largest absolute Gasteiger partial charge is 0.491 e. The van der Waals surface area contributed by atoms with Crippen LogP contribution in [0.3, 0.4) is 0 Å². The molecular formula is C33H43FN6O5SSi. The van der Waals surface area contributed by atoms with Gasteiger partial charge in [0.2, 0.25) is 16.0 Å². The van der Waals surface area contributed by atoms with Crippen LogP contribution in [0.4, 0.5) is 10.3 Å². The van der Waals surface area contributed by atoms with Gasteiger partial charge in [0, 0.05) is 27.0 Å². The van der Waals surface area contributed by atoms with E-state index in [0.717, 1.165) is 5.56 Å². The molecule has 2 aromatic heterocycles. The van der Waals surface area contributed by atoms with Crippen molar-refractivity contribution in [2.24, 2.45) is 0 Å². The SMILES string of the molecule is Cc1cnc([C@H](OC(C)C)[C@H](C)S(=O)(=O)N(CC[Si](C)(C)C)c2nnc3n2[C@H](COc2ccc(F)cc2)COc2ccccc2-3)nc1. The van der Waals surface area contributed by atoms with Crippen molar-refractivity contribution >= 4 is 24.0 Å². The van der Waals surface area contributed by atoms with E-state index in [2.05, 4.69) is 39.8 Å². The molecule has 5 rings (SSSR count). The lowest BCUT2D eigenvalue weighted by molar-refractivity contribution is 0.00139. The fraction of sp³-hybridized carbons (Fsp3) is 0.455. The number of benzene rings is 2. The first-order chi connectivity index (χ1) is 22.2. The minimum absolute atomic E-state index is 0.0887. The maximum atomic E-state index is 14.9. The lowest BCUT2D eigenvalue weighted by Crippen LogP contribution is -2.45. The molecule has 11 nitrogen and oxygen atoms in total. The van der Waals surface area contributed by atoms with Crippen LogP contribution < -0.4 is 13.8 Å². The van der Waals surface area contributed by atoms with E-state index in [1.165, 1.54) is 16.4 Å². The number of fused-ring (bicyclic) bond motifs is 3. The number of sulfonamides is 1. The summed E-state index contributed by atoms with van der Waals surface area (Å²) in [5.41, 5.74) is 1.53. The highest BCUT2D eigenvalue weighted by Crippen LogP contribution is 2.39. The summed E-state index contributed by atoms with van der Waals surface area (Å²) in [6.45, 7) is 14.2. The van der Waals surface area contributed by atoms with Gasteiger partial charge in [-0.1, -0.05) is 31.8 Å². The van der Waals surface area contributed by atoms with Crippen LogP contribution in [0.2, 0.25) is 25.7 Å². The van der Waals surface area contributed by atoms with E-state index >= 15 is 0 Å². The van der Waals surface area contributed by atoms with E-state index in [4.69, 9.17) is 14.2 Å². The molecule has 252 valence electrons. The van der Waals surface area contributed by atoms with Gasteiger partial charge in [0.1, 0.15) is 47.9 Å². The van der Waals surface area contributed by atoms with Gasteiger partial charge < -0.3 is 14.2 Å². The number of aromatic nitrogens is 5. The third-order valence-electron chi connectivity index (χ3n) is 7.82. The van der Waals surface area contributed by atoms with Gasteiger partial charge in [-0.3, -0.25) is 4.57 Å². The number of ether oxygens (including phenoxy) is 3. The first kappa shape index (κ1) is 34.5. The van der Waals surface area contributed by atoms with Crippen LogP contribution in [0.15, 0.2) is 60.9 Å². The summed E-state index contributed by atoms with van der Waals surface area (Å²) in [7, 11) is -5.92. The van der Waals surface area contributed by atoms with Crippen LogP contribution in [0, 0.1) is 12.7 Å². The molecule has 0 N–H and O–H groups in total. The summed E-state index contributed by atoms with van der Waals surface area (Å²) < 4.78 is 65.0. The van der Waals surface area contributed by atoms with Gasteiger partial charge in [0.05, 0.1) is 11.7 Å². The second-order valence-corrected chi connectivity index (χ2v) is 21.1. The Morgan fingerprint density at radius 1 is 1.04 bits per heavy atom. The van der Waals surface area contributed by atoms with E-state index in [0.29, 0.717) is 34.8 Å². The maximum absolute atomic E-state index is 14.9. The summed E-state index contributed by atoms with van der Waals surface area (Å²) >= 11 is 0. The minimum Gasteiger partial charge on any atom is -0.491 e. The van der Waals surface area contributed by atoms with Gasteiger partial charge in [0.25, 0.3) is 0 Å². The van der Waals surface area contributed by atoms with Crippen molar-refractivity contribution in [2.45, 2.75) is 76.9 Å². The number of halogens is 1. The molecule has 0 saturated heterocycles. The standard InChI is InChI=1S/C33H43FN6O5SSi/c1-22(2)45-30(31-35-18-23(3)19-36-31)24(4)46(41,42)39(16-17-47(5,6)7)33-38-37-32-28-10-8-9-11-29(28)44-21-26(40(32)33)20-43-27-14-12-25(34)13-15-27/h8-15,18-19,22,24,26,30H,16-17,20-21H2,1-7H3/t24-,26+,30+/m0/s1. The average molecular weight is 683 g/mol. The van der Waals surface area contributed by atoms with Crippen molar-refractivity contribution in [2.75, 3.05) is 24.1 Å². The molecule has 0 aliphatic carbocycles. The van der Waals surface area contributed by atoms with Crippen molar-refractivity contribution < 1.29 is 27.0 Å². The van der Waals surface area contributed by atoms with Gasteiger partial charge in [-0.2, -0.15) is 0 Å². The molecule has 4 aromatic rings. The number of nitrogens with zero attached hydrogens (tertiary/aromatic N) is 6. The minimum atomic E-state index is -4.16. The fourth-order valence-corrected chi connectivity index (χ4v) is 7.87. The molecule has 47 heavy (non-hydrogen) atoms. The molecule has 3 heterocycles. The van der Waals surface area contributed by atoms with Crippen molar-refractivity contribution in [1.82, 2.24) is 24.7 Å². The predicted octanol–water partition coefficient (Wildman–Crippen LogP) is 6.22. The zero-order chi connectivity index (χ0) is 33.9. The second kappa shape index (κ2) is 14.1. The van der Waals surface area contributed by atoms with Crippen LogP contribution in [-0.2, 0) is 14.8 Å². The van der Waals surface area contributed by atoms with E-state index < -0.39 is 35.5 Å². The summed E-state index contributed by atoms with van der Waals surface area (Å²) in [5, 5.41) is 8.02. The lowest BCUT2D eigenvalue weighted by Gasteiger charge is -2.33. The number of anilines is 1. The molecule has 0 bridgehead atoms.